The lowest BCUT2D eigenvalue weighted by molar-refractivity contribution is -0.149. The third-order valence-corrected chi connectivity index (χ3v) is 2.61. The number of methoxy groups -OCH3 is 2. The highest BCUT2D eigenvalue weighted by Crippen LogP contribution is 2.18. The van der Waals surface area contributed by atoms with Gasteiger partial charge in [0.15, 0.2) is 0 Å². The van der Waals surface area contributed by atoms with Gasteiger partial charge in [-0.15, -0.1) is 0 Å². The van der Waals surface area contributed by atoms with Crippen LogP contribution in [0, 0.1) is 5.92 Å². The number of esters is 1. The Bertz CT molecular complexity index is 427. The van der Waals surface area contributed by atoms with Crippen LogP contribution in [0.15, 0.2) is 24.3 Å². The molecule has 0 heterocycles. The van der Waals surface area contributed by atoms with Crippen molar-refractivity contribution in [3.05, 3.63) is 29.8 Å². The number of rotatable bonds is 6. The van der Waals surface area contributed by atoms with E-state index in [0.29, 0.717) is 5.75 Å². The molecule has 1 atom stereocenters. The Morgan fingerprint density at radius 1 is 1.33 bits per heavy atom. The molecule has 0 aromatic heterocycles. The first kappa shape index (κ1) is 14.0. The number of hydrogen-bond acceptors (Lipinski definition) is 4. The van der Waals surface area contributed by atoms with Gasteiger partial charge >= 0.3 is 11.9 Å². The van der Waals surface area contributed by atoms with E-state index in [1.54, 1.807) is 31.4 Å². The van der Waals surface area contributed by atoms with Crippen LogP contribution >= 0.6 is 0 Å². The number of carboxylic acids is 1. The molecular weight excluding hydrogens is 236 g/mol. The number of ether oxygens (including phenoxy) is 2. The molecular formula is C13H16O5. The number of carbonyl (C=O) groups excluding carboxylic acids is 1. The molecule has 1 aromatic carbocycles. The fourth-order valence-corrected chi connectivity index (χ4v) is 1.62. The smallest absolute Gasteiger partial charge is 0.307 e. The van der Waals surface area contributed by atoms with Crippen LogP contribution in [0.3, 0.4) is 0 Å². The topological polar surface area (TPSA) is 72.8 Å². The Hall–Kier alpha value is -2.04. The largest absolute Gasteiger partial charge is 0.497 e. The molecule has 0 fully saturated rings. The summed E-state index contributed by atoms with van der Waals surface area (Å²) in [6.45, 7) is 0. The van der Waals surface area contributed by atoms with E-state index in [1.807, 2.05) is 0 Å². The van der Waals surface area contributed by atoms with Crippen molar-refractivity contribution in [3.8, 4) is 5.75 Å². The maximum Gasteiger partial charge on any atom is 0.307 e. The number of carbonyl (C=O) groups is 2. The van der Waals surface area contributed by atoms with E-state index in [-0.39, 0.29) is 12.8 Å². The van der Waals surface area contributed by atoms with Gasteiger partial charge in [-0.05, 0) is 24.1 Å². The van der Waals surface area contributed by atoms with E-state index < -0.39 is 17.9 Å². The number of aliphatic carboxylic acids is 1. The van der Waals surface area contributed by atoms with Crippen LogP contribution in [0.1, 0.15) is 12.0 Å². The lowest BCUT2D eigenvalue weighted by Gasteiger charge is -2.11. The van der Waals surface area contributed by atoms with E-state index in [9.17, 15) is 9.59 Å². The standard InChI is InChI=1S/C13H16O5/c1-17-11-5-3-4-9(7-11)6-10(13(15)16)8-12(14)18-2/h3-5,7,10H,6,8H2,1-2H3,(H,15,16)/t10-/m0/s1. The van der Waals surface area contributed by atoms with Crippen molar-refractivity contribution >= 4 is 11.9 Å². The molecule has 0 saturated carbocycles. The first-order chi connectivity index (χ1) is 8.56. The van der Waals surface area contributed by atoms with Crippen LogP contribution in [0.5, 0.6) is 5.75 Å². The molecule has 0 aliphatic heterocycles. The molecule has 5 heteroatoms. The summed E-state index contributed by atoms with van der Waals surface area (Å²) in [7, 11) is 2.79. The zero-order chi connectivity index (χ0) is 13.5. The molecule has 18 heavy (non-hydrogen) atoms. The summed E-state index contributed by atoms with van der Waals surface area (Å²) in [5.41, 5.74) is 0.811. The molecule has 0 unspecified atom stereocenters. The summed E-state index contributed by atoms with van der Waals surface area (Å²) >= 11 is 0. The minimum atomic E-state index is -1.01. The van der Waals surface area contributed by atoms with Crippen LogP contribution < -0.4 is 4.74 Å². The van der Waals surface area contributed by atoms with Gasteiger partial charge < -0.3 is 14.6 Å². The minimum absolute atomic E-state index is 0.136. The van der Waals surface area contributed by atoms with Crippen LogP contribution in [0.25, 0.3) is 0 Å². The Morgan fingerprint density at radius 2 is 2.06 bits per heavy atom. The fourth-order valence-electron chi connectivity index (χ4n) is 1.62. The van der Waals surface area contributed by atoms with E-state index >= 15 is 0 Å². The van der Waals surface area contributed by atoms with Gasteiger partial charge in [-0.3, -0.25) is 9.59 Å². The predicted octanol–water partition coefficient (Wildman–Crippen LogP) is 1.50. The minimum Gasteiger partial charge on any atom is -0.497 e. The zero-order valence-electron chi connectivity index (χ0n) is 10.4. The Kier molecular flexibility index (Phi) is 5.17. The quantitative estimate of drug-likeness (QED) is 0.777. The molecule has 1 rings (SSSR count). The lowest BCUT2D eigenvalue weighted by atomic mass is 9.96. The SMILES string of the molecule is COC(=O)C[C@H](Cc1cccc(OC)c1)C(=O)O. The van der Waals surface area contributed by atoms with Crippen LogP contribution in [0.2, 0.25) is 0 Å². The normalized spacial score (nSPS) is 11.7. The monoisotopic (exact) mass is 252 g/mol. The number of carboxylic acid groups (broad SMARTS) is 1. The first-order valence-corrected chi connectivity index (χ1v) is 5.49. The summed E-state index contributed by atoms with van der Waals surface area (Å²) in [6.07, 6.45) is 0.130. The molecule has 0 bridgehead atoms. The van der Waals surface area contributed by atoms with Crippen molar-refractivity contribution in [1.82, 2.24) is 0 Å². The van der Waals surface area contributed by atoms with E-state index in [1.165, 1.54) is 7.11 Å². The highest BCUT2D eigenvalue weighted by molar-refractivity contribution is 5.78. The second-order valence-corrected chi connectivity index (χ2v) is 3.87. The second-order valence-electron chi connectivity index (χ2n) is 3.87. The van der Waals surface area contributed by atoms with Gasteiger partial charge in [0, 0.05) is 0 Å². The predicted molar refractivity (Wildman–Crippen MR) is 64.5 cm³/mol. The molecule has 0 amide bonds. The molecule has 1 aromatic rings. The molecule has 5 nitrogen and oxygen atoms in total. The molecule has 0 saturated heterocycles. The van der Waals surface area contributed by atoms with Gasteiger partial charge in [0.05, 0.1) is 26.6 Å². The average Bonchev–Trinajstić information content (AvgIpc) is 2.37. The van der Waals surface area contributed by atoms with Gasteiger partial charge in [-0.2, -0.15) is 0 Å². The number of benzene rings is 1. The molecule has 98 valence electrons. The van der Waals surface area contributed by atoms with Gasteiger partial charge in [0.1, 0.15) is 5.75 Å². The van der Waals surface area contributed by atoms with Gasteiger partial charge in [0.25, 0.3) is 0 Å². The van der Waals surface area contributed by atoms with Crippen molar-refractivity contribution < 1.29 is 24.2 Å². The highest BCUT2D eigenvalue weighted by atomic mass is 16.5. The summed E-state index contributed by atoms with van der Waals surface area (Å²) < 4.78 is 9.55. The van der Waals surface area contributed by atoms with E-state index in [2.05, 4.69) is 4.74 Å². The zero-order valence-corrected chi connectivity index (χ0v) is 10.4. The lowest BCUT2D eigenvalue weighted by Crippen LogP contribution is -2.21. The van der Waals surface area contributed by atoms with E-state index in [4.69, 9.17) is 9.84 Å². The summed E-state index contributed by atoms with van der Waals surface area (Å²) in [5.74, 6) is -1.66. The second kappa shape index (κ2) is 6.64. The van der Waals surface area contributed by atoms with Crippen molar-refractivity contribution in [2.45, 2.75) is 12.8 Å². The third kappa shape index (κ3) is 4.08. The van der Waals surface area contributed by atoms with Crippen molar-refractivity contribution in [1.29, 1.82) is 0 Å². The fraction of sp³-hybridized carbons (Fsp3) is 0.385. The summed E-state index contributed by atoms with van der Waals surface area (Å²) in [6, 6.07) is 7.12. The van der Waals surface area contributed by atoms with Crippen molar-refractivity contribution in [2.24, 2.45) is 5.92 Å². The Labute approximate surface area is 105 Å². The van der Waals surface area contributed by atoms with Crippen LogP contribution in [0.4, 0.5) is 0 Å². The summed E-state index contributed by atoms with van der Waals surface area (Å²) in [4.78, 5) is 22.2. The maximum atomic E-state index is 11.1. The molecule has 0 spiro atoms. The van der Waals surface area contributed by atoms with Crippen LogP contribution in [-0.4, -0.2) is 31.3 Å². The van der Waals surface area contributed by atoms with Crippen molar-refractivity contribution in [2.75, 3.05) is 14.2 Å². The molecule has 0 aliphatic rings. The Balaban J connectivity index is 2.76. The van der Waals surface area contributed by atoms with Gasteiger partial charge in [0.2, 0.25) is 0 Å². The van der Waals surface area contributed by atoms with E-state index in [0.717, 1.165) is 5.56 Å². The average molecular weight is 252 g/mol. The molecule has 0 radical (unpaired) electrons. The van der Waals surface area contributed by atoms with Crippen LogP contribution in [-0.2, 0) is 20.7 Å². The summed E-state index contributed by atoms with van der Waals surface area (Å²) in [5, 5.41) is 9.07. The molecule has 0 aliphatic carbocycles. The Morgan fingerprint density at radius 3 is 2.61 bits per heavy atom. The van der Waals surface area contributed by atoms with Crippen molar-refractivity contribution in [3.63, 3.8) is 0 Å². The molecule has 1 N–H and O–H groups in total. The highest BCUT2D eigenvalue weighted by Gasteiger charge is 2.22. The maximum absolute atomic E-state index is 11.1. The van der Waals surface area contributed by atoms with Gasteiger partial charge in [-0.25, -0.2) is 0 Å². The third-order valence-electron chi connectivity index (χ3n) is 2.61. The number of hydrogen-bond donors (Lipinski definition) is 1. The van der Waals surface area contributed by atoms with Gasteiger partial charge in [-0.1, -0.05) is 12.1 Å². The first-order valence-electron chi connectivity index (χ1n) is 5.49.